The minimum atomic E-state index is -0.319. The minimum Gasteiger partial charge on any atom is -0.391 e. The molecule has 5 nitrogen and oxygen atoms in total. The maximum atomic E-state index is 10.5. The number of rotatable bonds is 4. The third kappa shape index (κ3) is 3.05. The Balaban J connectivity index is 1.48. The van der Waals surface area contributed by atoms with Crippen molar-refractivity contribution >= 4 is 10.9 Å². The van der Waals surface area contributed by atoms with Crippen LogP contribution < -0.4 is 0 Å². The van der Waals surface area contributed by atoms with E-state index in [2.05, 4.69) is 27.2 Å². The summed E-state index contributed by atoms with van der Waals surface area (Å²) in [5.74, 6) is 1.08. The van der Waals surface area contributed by atoms with Crippen LogP contribution in [0.4, 0.5) is 0 Å². The molecular formula is C19H21N3O2. The van der Waals surface area contributed by atoms with Gasteiger partial charge in [-0.2, -0.15) is 0 Å². The van der Waals surface area contributed by atoms with Gasteiger partial charge in [-0.3, -0.25) is 9.88 Å². The molecule has 3 aromatic rings. The summed E-state index contributed by atoms with van der Waals surface area (Å²) in [6, 6.07) is 12.2. The highest BCUT2D eigenvalue weighted by molar-refractivity contribution is 5.81. The molecule has 1 saturated heterocycles. The van der Waals surface area contributed by atoms with Gasteiger partial charge in [0.1, 0.15) is 0 Å². The van der Waals surface area contributed by atoms with E-state index < -0.39 is 0 Å². The summed E-state index contributed by atoms with van der Waals surface area (Å²) in [4.78, 5) is 6.65. The molecule has 1 aliphatic heterocycles. The van der Waals surface area contributed by atoms with Crippen LogP contribution in [0.2, 0.25) is 0 Å². The highest BCUT2D eigenvalue weighted by atomic mass is 16.5. The largest absolute Gasteiger partial charge is 0.391 e. The lowest BCUT2D eigenvalue weighted by Gasteiger charge is -2.15. The fourth-order valence-corrected chi connectivity index (χ4v) is 3.60. The van der Waals surface area contributed by atoms with Gasteiger partial charge < -0.3 is 9.63 Å². The average Bonchev–Trinajstić information content (AvgIpc) is 3.14. The second kappa shape index (κ2) is 6.34. The number of benzene rings is 1. The summed E-state index contributed by atoms with van der Waals surface area (Å²) in [6.07, 6.45) is 2.39. The van der Waals surface area contributed by atoms with Crippen LogP contribution in [0, 0.1) is 12.8 Å². The molecule has 1 N–H and O–H groups in total. The number of hydrogen-bond acceptors (Lipinski definition) is 5. The highest BCUT2D eigenvalue weighted by Crippen LogP contribution is 2.26. The number of nitrogens with zero attached hydrogens (tertiary/aromatic N) is 3. The SMILES string of the molecule is Cc1cc(CN2C[C@@H](Cc3ccnc4ccccc34)[C@@H](O)C2)on1. The number of aromatic nitrogens is 2. The zero-order valence-corrected chi connectivity index (χ0v) is 13.7. The third-order valence-electron chi connectivity index (χ3n) is 4.76. The maximum Gasteiger partial charge on any atom is 0.150 e. The van der Waals surface area contributed by atoms with Crippen LogP contribution in [0.3, 0.4) is 0 Å². The second-order valence-electron chi connectivity index (χ2n) is 6.65. The van der Waals surface area contributed by atoms with Crippen LogP contribution in [-0.4, -0.2) is 39.3 Å². The lowest BCUT2D eigenvalue weighted by atomic mass is 9.94. The maximum absolute atomic E-state index is 10.5. The zero-order valence-electron chi connectivity index (χ0n) is 13.7. The van der Waals surface area contributed by atoms with Crippen LogP contribution in [0.25, 0.3) is 10.9 Å². The molecule has 24 heavy (non-hydrogen) atoms. The highest BCUT2D eigenvalue weighted by Gasteiger charge is 2.32. The Kier molecular flexibility index (Phi) is 4.04. The number of pyridine rings is 1. The number of para-hydroxylation sites is 1. The van der Waals surface area contributed by atoms with Crippen molar-refractivity contribution in [3.63, 3.8) is 0 Å². The molecule has 0 spiro atoms. The fourth-order valence-electron chi connectivity index (χ4n) is 3.60. The number of β-amino-alcohol motifs (C(OH)–C–C–N with tert-alkyl or cyclic N) is 1. The van der Waals surface area contributed by atoms with Crippen molar-refractivity contribution in [3.05, 3.63) is 59.6 Å². The summed E-state index contributed by atoms with van der Waals surface area (Å²) in [5.41, 5.74) is 3.16. The van der Waals surface area contributed by atoms with Crippen LogP contribution in [0.1, 0.15) is 17.0 Å². The van der Waals surface area contributed by atoms with Gasteiger partial charge in [0.05, 0.1) is 23.9 Å². The Morgan fingerprint density at radius 3 is 2.96 bits per heavy atom. The van der Waals surface area contributed by atoms with Crippen LogP contribution in [0.5, 0.6) is 0 Å². The molecule has 5 heteroatoms. The van der Waals surface area contributed by atoms with Crippen molar-refractivity contribution in [3.8, 4) is 0 Å². The topological polar surface area (TPSA) is 62.4 Å². The molecule has 0 amide bonds. The average molecular weight is 323 g/mol. The van der Waals surface area contributed by atoms with Gasteiger partial charge in [-0.05, 0) is 31.0 Å². The first kappa shape index (κ1) is 15.3. The first-order chi connectivity index (χ1) is 11.7. The molecule has 3 heterocycles. The second-order valence-corrected chi connectivity index (χ2v) is 6.65. The Bertz CT molecular complexity index is 840. The van der Waals surface area contributed by atoms with Gasteiger partial charge in [-0.1, -0.05) is 23.4 Å². The summed E-state index contributed by atoms with van der Waals surface area (Å²) < 4.78 is 5.29. The normalized spacial score (nSPS) is 21.6. The van der Waals surface area contributed by atoms with Crippen LogP contribution in [-0.2, 0) is 13.0 Å². The third-order valence-corrected chi connectivity index (χ3v) is 4.76. The van der Waals surface area contributed by atoms with Crippen molar-refractivity contribution in [2.45, 2.75) is 26.0 Å². The van der Waals surface area contributed by atoms with Gasteiger partial charge in [0.2, 0.25) is 0 Å². The molecule has 0 radical (unpaired) electrons. The first-order valence-electron chi connectivity index (χ1n) is 8.34. The summed E-state index contributed by atoms with van der Waals surface area (Å²) in [7, 11) is 0. The Morgan fingerprint density at radius 2 is 2.12 bits per heavy atom. The van der Waals surface area contributed by atoms with Crippen molar-refractivity contribution in [2.24, 2.45) is 5.92 Å². The fraction of sp³-hybridized carbons (Fsp3) is 0.368. The van der Waals surface area contributed by atoms with E-state index in [-0.39, 0.29) is 12.0 Å². The number of aliphatic hydroxyl groups excluding tert-OH is 1. The standard InChI is InChI=1S/C19H21N3O2/c1-13-8-16(24-21-13)11-22-10-15(19(23)12-22)9-14-6-7-20-18-5-3-2-4-17(14)18/h2-8,15,19,23H,9-12H2,1H3/t15-,19+/m1/s1. The quantitative estimate of drug-likeness (QED) is 0.799. The lowest BCUT2D eigenvalue weighted by Crippen LogP contribution is -2.21. The zero-order chi connectivity index (χ0) is 16.5. The van der Waals surface area contributed by atoms with Gasteiger partial charge in [-0.25, -0.2) is 0 Å². The predicted octanol–water partition coefficient (Wildman–Crippen LogP) is 2.57. The molecule has 1 fully saturated rings. The molecule has 2 aromatic heterocycles. The lowest BCUT2D eigenvalue weighted by molar-refractivity contribution is 0.140. The summed E-state index contributed by atoms with van der Waals surface area (Å²) in [6.45, 7) is 4.15. The number of aliphatic hydroxyl groups is 1. The molecule has 1 aromatic carbocycles. The molecule has 0 aliphatic carbocycles. The molecule has 124 valence electrons. The number of hydrogen-bond donors (Lipinski definition) is 1. The number of aryl methyl sites for hydroxylation is 1. The summed E-state index contributed by atoms with van der Waals surface area (Å²) >= 11 is 0. The first-order valence-corrected chi connectivity index (χ1v) is 8.34. The van der Waals surface area contributed by atoms with Gasteiger partial charge in [-0.15, -0.1) is 0 Å². The van der Waals surface area contributed by atoms with Gasteiger partial charge in [0, 0.05) is 36.7 Å². The van der Waals surface area contributed by atoms with E-state index in [1.807, 2.05) is 37.4 Å². The molecule has 0 saturated carbocycles. The van der Waals surface area contributed by atoms with Crippen molar-refractivity contribution in [1.82, 2.24) is 15.0 Å². The molecule has 4 rings (SSSR count). The molecule has 1 aliphatic rings. The van der Waals surface area contributed by atoms with E-state index in [9.17, 15) is 5.11 Å². The smallest absolute Gasteiger partial charge is 0.150 e. The monoisotopic (exact) mass is 323 g/mol. The van der Waals surface area contributed by atoms with E-state index in [0.717, 1.165) is 29.9 Å². The van der Waals surface area contributed by atoms with Gasteiger partial charge >= 0.3 is 0 Å². The summed E-state index contributed by atoms with van der Waals surface area (Å²) in [5, 5.41) is 15.6. The Hall–Kier alpha value is -2.24. The van der Waals surface area contributed by atoms with E-state index >= 15 is 0 Å². The molecule has 0 unspecified atom stereocenters. The van der Waals surface area contributed by atoms with E-state index in [1.54, 1.807) is 0 Å². The van der Waals surface area contributed by atoms with E-state index in [1.165, 1.54) is 10.9 Å². The molecular weight excluding hydrogens is 302 g/mol. The van der Waals surface area contributed by atoms with Crippen LogP contribution >= 0.6 is 0 Å². The van der Waals surface area contributed by atoms with Crippen molar-refractivity contribution < 1.29 is 9.63 Å². The van der Waals surface area contributed by atoms with Gasteiger partial charge in [0.25, 0.3) is 0 Å². The molecule has 0 bridgehead atoms. The minimum absolute atomic E-state index is 0.222. The van der Waals surface area contributed by atoms with E-state index in [4.69, 9.17) is 4.52 Å². The number of likely N-dealkylation sites (tertiary alicyclic amines) is 1. The van der Waals surface area contributed by atoms with Crippen molar-refractivity contribution in [2.75, 3.05) is 13.1 Å². The Labute approximate surface area is 140 Å². The predicted molar refractivity (Wildman–Crippen MR) is 91.5 cm³/mol. The van der Waals surface area contributed by atoms with Crippen LogP contribution in [0.15, 0.2) is 47.1 Å². The Morgan fingerprint density at radius 1 is 1.25 bits per heavy atom. The van der Waals surface area contributed by atoms with Crippen molar-refractivity contribution in [1.29, 1.82) is 0 Å². The molecule has 2 atom stereocenters. The number of fused-ring (bicyclic) bond motifs is 1. The van der Waals surface area contributed by atoms with Gasteiger partial charge in [0.15, 0.2) is 5.76 Å². The van der Waals surface area contributed by atoms with E-state index in [0.29, 0.717) is 13.1 Å².